The summed E-state index contributed by atoms with van der Waals surface area (Å²) in [4.78, 5) is 12.1. The molecule has 0 aromatic carbocycles. The zero-order chi connectivity index (χ0) is 12.0. The Morgan fingerprint density at radius 3 is 2.82 bits per heavy atom. The SMILES string of the molecule is CCCc1nn(C)c2c1NC(=O)C1(CCC1)N2. The summed E-state index contributed by atoms with van der Waals surface area (Å²) in [5.74, 6) is 1.08. The molecule has 1 aliphatic carbocycles. The summed E-state index contributed by atoms with van der Waals surface area (Å²) in [6.45, 7) is 2.12. The summed E-state index contributed by atoms with van der Waals surface area (Å²) in [6.07, 6.45) is 4.90. The lowest BCUT2D eigenvalue weighted by atomic mass is 9.75. The van der Waals surface area contributed by atoms with Gasteiger partial charge in [0, 0.05) is 7.05 Å². The van der Waals surface area contributed by atoms with E-state index in [2.05, 4.69) is 22.7 Å². The summed E-state index contributed by atoms with van der Waals surface area (Å²) in [6, 6.07) is 0. The second-order valence-corrected chi connectivity index (χ2v) is 5.06. The molecule has 0 saturated heterocycles. The average Bonchev–Trinajstić information content (AvgIpc) is 2.53. The van der Waals surface area contributed by atoms with Crippen LogP contribution in [-0.2, 0) is 18.3 Å². The van der Waals surface area contributed by atoms with Crippen LogP contribution in [0.3, 0.4) is 0 Å². The third kappa shape index (κ3) is 1.38. The van der Waals surface area contributed by atoms with E-state index in [1.165, 1.54) is 0 Å². The first kappa shape index (κ1) is 10.6. The Morgan fingerprint density at radius 1 is 1.47 bits per heavy atom. The number of nitrogens with one attached hydrogen (secondary N) is 2. The third-order valence-electron chi connectivity index (χ3n) is 3.84. The van der Waals surface area contributed by atoms with Crippen LogP contribution in [-0.4, -0.2) is 21.2 Å². The van der Waals surface area contributed by atoms with E-state index in [0.717, 1.165) is 49.3 Å². The number of hydrogen-bond donors (Lipinski definition) is 2. The molecular formula is C12H18N4O. The maximum absolute atomic E-state index is 12.1. The molecule has 0 radical (unpaired) electrons. The Hall–Kier alpha value is -1.52. The van der Waals surface area contributed by atoms with Crippen LogP contribution in [0, 0.1) is 0 Å². The number of hydrogen-bond acceptors (Lipinski definition) is 3. The van der Waals surface area contributed by atoms with E-state index in [-0.39, 0.29) is 11.4 Å². The summed E-state index contributed by atoms with van der Waals surface area (Å²) in [5, 5.41) is 10.9. The highest BCUT2D eigenvalue weighted by Gasteiger charge is 2.48. The second kappa shape index (κ2) is 3.48. The number of aryl methyl sites for hydroxylation is 2. The average molecular weight is 234 g/mol. The van der Waals surface area contributed by atoms with Gasteiger partial charge in [0.15, 0.2) is 0 Å². The van der Waals surface area contributed by atoms with Gasteiger partial charge >= 0.3 is 0 Å². The van der Waals surface area contributed by atoms with Gasteiger partial charge in [-0.3, -0.25) is 9.48 Å². The quantitative estimate of drug-likeness (QED) is 0.818. The summed E-state index contributed by atoms with van der Waals surface area (Å²) in [5.41, 5.74) is 1.52. The number of amides is 1. The lowest BCUT2D eigenvalue weighted by Crippen LogP contribution is -2.57. The molecule has 1 amide bonds. The van der Waals surface area contributed by atoms with Crippen LogP contribution in [0.25, 0.3) is 0 Å². The smallest absolute Gasteiger partial charge is 0.250 e. The zero-order valence-electron chi connectivity index (χ0n) is 10.3. The molecule has 1 aromatic heterocycles. The van der Waals surface area contributed by atoms with Crippen molar-refractivity contribution in [3.8, 4) is 0 Å². The predicted molar refractivity (Wildman–Crippen MR) is 66.0 cm³/mol. The van der Waals surface area contributed by atoms with E-state index in [4.69, 9.17) is 0 Å². The summed E-state index contributed by atoms with van der Waals surface area (Å²) in [7, 11) is 1.93. The van der Waals surface area contributed by atoms with Gasteiger partial charge in [-0.05, 0) is 25.7 Å². The normalized spacial score (nSPS) is 20.5. The monoisotopic (exact) mass is 234 g/mol. The second-order valence-electron chi connectivity index (χ2n) is 5.06. The van der Waals surface area contributed by atoms with Crippen molar-refractivity contribution < 1.29 is 4.79 Å². The minimum absolute atomic E-state index is 0.113. The number of fused-ring (bicyclic) bond motifs is 1. The molecule has 5 nitrogen and oxygen atoms in total. The maximum atomic E-state index is 12.1. The molecule has 1 aliphatic heterocycles. The number of carbonyl (C=O) groups is 1. The molecular weight excluding hydrogens is 216 g/mol. The maximum Gasteiger partial charge on any atom is 0.250 e. The molecule has 1 spiro atoms. The molecule has 17 heavy (non-hydrogen) atoms. The first-order valence-electron chi connectivity index (χ1n) is 6.32. The minimum Gasteiger partial charge on any atom is -0.354 e. The lowest BCUT2D eigenvalue weighted by molar-refractivity contribution is -0.123. The van der Waals surface area contributed by atoms with Crippen molar-refractivity contribution in [3.63, 3.8) is 0 Å². The van der Waals surface area contributed by atoms with E-state index >= 15 is 0 Å². The summed E-state index contributed by atoms with van der Waals surface area (Å²) < 4.78 is 1.85. The van der Waals surface area contributed by atoms with Gasteiger partial charge in [-0.2, -0.15) is 5.10 Å². The van der Waals surface area contributed by atoms with Gasteiger partial charge in [-0.15, -0.1) is 0 Å². The van der Waals surface area contributed by atoms with E-state index in [9.17, 15) is 4.79 Å². The van der Waals surface area contributed by atoms with E-state index in [1.807, 2.05) is 11.7 Å². The number of nitrogens with zero attached hydrogens (tertiary/aromatic N) is 2. The fraction of sp³-hybridized carbons (Fsp3) is 0.667. The van der Waals surface area contributed by atoms with Crippen molar-refractivity contribution in [2.75, 3.05) is 10.6 Å². The molecule has 5 heteroatoms. The summed E-state index contributed by atoms with van der Waals surface area (Å²) >= 11 is 0. The molecule has 0 unspecified atom stereocenters. The van der Waals surface area contributed by atoms with Crippen LogP contribution in [0.15, 0.2) is 0 Å². The Morgan fingerprint density at radius 2 is 2.24 bits per heavy atom. The van der Waals surface area contributed by atoms with E-state index in [0.29, 0.717) is 0 Å². The van der Waals surface area contributed by atoms with Crippen molar-refractivity contribution >= 4 is 17.4 Å². The van der Waals surface area contributed by atoms with Crippen LogP contribution >= 0.6 is 0 Å². The topological polar surface area (TPSA) is 59.0 Å². The van der Waals surface area contributed by atoms with Gasteiger partial charge in [-0.25, -0.2) is 0 Å². The molecule has 0 atom stereocenters. The largest absolute Gasteiger partial charge is 0.354 e. The number of carbonyl (C=O) groups excluding carboxylic acids is 1. The van der Waals surface area contributed by atoms with Gasteiger partial charge in [0.2, 0.25) is 5.91 Å². The Balaban J connectivity index is 2.00. The zero-order valence-corrected chi connectivity index (χ0v) is 10.3. The van der Waals surface area contributed by atoms with Gasteiger partial charge in [0.05, 0.1) is 5.69 Å². The Labute approximate surface area is 101 Å². The minimum atomic E-state index is -0.357. The van der Waals surface area contributed by atoms with Gasteiger partial charge in [-0.1, -0.05) is 13.3 Å². The molecule has 3 rings (SSSR count). The Kier molecular flexibility index (Phi) is 2.18. The third-order valence-corrected chi connectivity index (χ3v) is 3.84. The van der Waals surface area contributed by atoms with Crippen LogP contribution in [0.1, 0.15) is 38.3 Å². The molecule has 92 valence electrons. The highest BCUT2D eigenvalue weighted by atomic mass is 16.2. The van der Waals surface area contributed by atoms with Crippen molar-refractivity contribution in [2.45, 2.75) is 44.6 Å². The fourth-order valence-electron chi connectivity index (χ4n) is 2.67. The van der Waals surface area contributed by atoms with Gasteiger partial charge in [0.1, 0.15) is 17.0 Å². The molecule has 1 saturated carbocycles. The number of rotatable bonds is 2. The molecule has 2 aliphatic rings. The lowest BCUT2D eigenvalue weighted by Gasteiger charge is -2.44. The van der Waals surface area contributed by atoms with E-state index < -0.39 is 0 Å². The van der Waals surface area contributed by atoms with Crippen molar-refractivity contribution in [1.29, 1.82) is 0 Å². The van der Waals surface area contributed by atoms with Gasteiger partial charge < -0.3 is 10.6 Å². The predicted octanol–water partition coefficient (Wildman–Crippen LogP) is 1.66. The standard InChI is InChI=1S/C12H18N4O/c1-3-5-8-9-10(16(2)15-8)14-12(6-4-7-12)11(17)13-9/h14H,3-7H2,1-2H3,(H,13,17). The molecule has 2 heterocycles. The fourth-order valence-corrected chi connectivity index (χ4v) is 2.67. The van der Waals surface area contributed by atoms with Crippen LogP contribution in [0.5, 0.6) is 0 Å². The molecule has 1 aromatic rings. The first-order valence-corrected chi connectivity index (χ1v) is 6.32. The number of anilines is 2. The molecule has 0 bridgehead atoms. The van der Waals surface area contributed by atoms with Crippen LogP contribution < -0.4 is 10.6 Å². The number of aromatic nitrogens is 2. The molecule has 2 N–H and O–H groups in total. The Bertz CT molecular complexity index is 473. The van der Waals surface area contributed by atoms with Crippen molar-refractivity contribution in [2.24, 2.45) is 7.05 Å². The van der Waals surface area contributed by atoms with E-state index in [1.54, 1.807) is 0 Å². The molecule has 1 fully saturated rings. The first-order chi connectivity index (χ1) is 8.16. The highest BCUT2D eigenvalue weighted by molar-refractivity contribution is 6.06. The van der Waals surface area contributed by atoms with Crippen LogP contribution in [0.4, 0.5) is 11.5 Å². The highest BCUT2D eigenvalue weighted by Crippen LogP contribution is 2.42. The van der Waals surface area contributed by atoms with Crippen molar-refractivity contribution in [3.05, 3.63) is 5.69 Å². The van der Waals surface area contributed by atoms with Crippen molar-refractivity contribution in [1.82, 2.24) is 9.78 Å². The van der Waals surface area contributed by atoms with Crippen LogP contribution in [0.2, 0.25) is 0 Å². The van der Waals surface area contributed by atoms with Gasteiger partial charge in [0.25, 0.3) is 0 Å².